The molecule has 0 bridgehead atoms. The summed E-state index contributed by atoms with van der Waals surface area (Å²) >= 11 is 5.93. The first-order valence-electron chi connectivity index (χ1n) is 7.92. The summed E-state index contributed by atoms with van der Waals surface area (Å²) in [7, 11) is 0. The number of amides is 1. The van der Waals surface area contributed by atoms with Gasteiger partial charge < -0.3 is 4.90 Å². The molecule has 1 fully saturated rings. The minimum absolute atomic E-state index is 0.0552. The van der Waals surface area contributed by atoms with Gasteiger partial charge in [-0.2, -0.15) is 0 Å². The summed E-state index contributed by atoms with van der Waals surface area (Å²) in [6.07, 6.45) is 1.93. The zero-order chi connectivity index (χ0) is 17.7. The fourth-order valence-electron chi connectivity index (χ4n) is 2.91. The molecule has 2 rings (SSSR count). The van der Waals surface area contributed by atoms with E-state index in [1.54, 1.807) is 0 Å². The van der Waals surface area contributed by atoms with Crippen molar-refractivity contribution in [1.82, 2.24) is 4.90 Å². The van der Waals surface area contributed by atoms with Gasteiger partial charge in [0.2, 0.25) is 12.3 Å². The Hall–Kier alpha value is -1.56. The maximum Gasteiger partial charge on any atom is 0.248 e. The second kappa shape index (κ2) is 8.01. The molecule has 1 saturated carbocycles. The van der Waals surface area contributed by atoms with Crippen LogP contribution in [0, 0.1) is 17.1 Å². The molecule has 1 N–H and O–H groups in total. The molecular weight excluding hydrogens is 341 g/mol. The first kappa shape index (κ1) is 18.8. The SMILES string of the molecule is N=C(Cc1ccc(F)cc1Cl)N(C=O)CCC1CCC(F)(F)CC1. The highest BCUT2D eigenvalue weighted by atomic mass is 35.5. The van der Waals surface area contributed by atoms with Crippen molar-refractivity contribution in [2.45, 2.75) is 44.4 Å². The molecule has 0 unspecified atom stereocenters. The first-order valence-corrected chi connectivity index (χ1v) is 8.29. The van der Waals surface area contributed by atoms with Gasteiger partial charge in [-0.25, -0.2) is 13.2 Å². The number of alkyl halides is 2. The summed E-state index contributed by atoms with van der Waals surface area (Å²) < 4.78 is 39.3. The van der Waals surface area contributed by atoms with Crippen LogP contribution in [0.25, 0.3) is 0 Å². The van der Waals surface area contributed by atoms with Crippen molar-refractivity contribution in [2.75, 3.05) is 6.54 Å². The molecule has 1 amide bonds. The van der Waals surface area contributed by atoms with Gasteiger partial charge in [0.05, 0.1) is 0 Å². The Kier molecular flexibility index (Phi) is 6.27. The number of carbonyl (C=O) groups excluding carboxylic acids is 1. The topological polar surface area (TPSA) is 44.2 Å². The van der Waals surface area contributed by atoms with Crippen molar-refractivity contribution in [1.29, 1.82) is 5.41 Å². The van der Waals surface area contributed by atoms with Gasteiger partial charge in [0, 0.05) is 30.8 Å². The Morgan fingerprint density at radius 3 is 2.62 bits per heavy atom. The van der Waals surface area contributed by atoms with E-state index in [0.717, 1.165) is 6.07 Å². The van der Waals surface area contributed by atoms with Crippen LogP contribution in [0.4, 0.5) is 13.2 Å². The Balaban J connectivity index is 1.86. The van der Waals surface area contributed by atoms with Gasteiger partial charge in [-0.3, -0.25) is 10.2 Å². The summed E-state index contributed by atoms with van der Waals surface area (Å²) in [5, 5.41) is 8.24. The summed E-state index contributed by atoms with van der Waals surface area (Å²) in [5.41, 5.74) is 0.562. The molecule has 1 aliphatic carbocycles. The Morgan fingerprint density at radius 2 is 2.04 bits per heavy atom. The van der Waals surface area contributed by atoms with E-state index in [9.17, 15) is 18.0 Å². The van der Waals surface area contributed by atoms with Crippen molar-refractivity contribution < 1.29 is 18.0 Å². The van der Waals surface area contributed by atoms with Crippen LogP contribution in [0.3, 0.4) is 0 Å². The van der Waals surface area contributed by atoms with E-state index in [1.165, 1.54) is 17.0 Å². The second-order valence-corrected chi connectivity index (χ2v) is 6.65. The molecule has 0 atom stereocenters. The molecule has 0 aliphatic heterocycles. The Labute approximate surface area is 144 Å². The summed E-state index contributed by atoms with van der Waals surface area (Å²) in [6, 6.07) is 3.90. The third-order valence-corrected chi connectivity index (χ3v) is 4.81. The lowest BCUT2D eigenvalue weighted by Gasteiger charge is -2.29. The van der Waals surface area contributed by atoms with Crippen molar-refractivity contribution >= 4 is 23.8 Å². The fraction of sp³-hybridized carbons (Fsp3) is 0.529. The van der Waals surface area contributed by atoms with Gasteiger partial charge in [0.15, 0.2) is 0 Å². The number of carbonyl (C=O) groups is 1. The van der Waals surface area contributed by atoms with Crippen molar-refractivity contribution in [2.24, 2.45) is 5.92 Å². The number of nitrogens with zero attached hydrogens (tertiary/aromatic N) is 1. The first-order chi connectivity index (χ1) is 11.3. The predicted molar refractivity (Wildman–Crippen MR) is 87.1 cm³/mol. The summed E-state index contributed by atoms with van der Waals surface area (Å²) in [6.45, 7) is 0.317. The van der Waals surface area contributed by atoms with Crippen LogP contribution in [-0.2, 0) is 11.2 Å². The van der Waals surface area contributed by atoms with Crippen LogP contribution in [0.2, 0.25) is 5.02 Å². The molecule has 0 heterocycles. The second-order valence-electron chi connectivity index (χ2n) is 6.25. The zero-order valence-corrected chi connectivity index (χ0v) is 14.0. The number of nitrogens with one attached hydrogen (secondary N) is 1. The molecule has 0 spiro atoms. The van der Waals surface area contributed by atoms with Crippen molar-refractivity contribution in [3.05, 3.63) is 34.6 Å². The monoisotopic (exact) mass is 360 g/mol. The number of halogens is 4. The molecule has 1 aromatic carbocycles. The number of amidine groups is 1. The minimum Gasteiger partial charge on any atom is -0.303 e. The molecule has 7 heteroatoms. The molecule has 0 saturated heterocycles. The summed E-state index contributed by atoms with van der Waals surface area (Å²) in [4.78, 5) is 12.5. The van der Waals surface area contributed by atoms with Crippen molar-refractivity contribution in [3.8, 4) is 0 Å². The largest absolute Gasteiger partial charge is 0.303 e. The predicted octanol–water partition coefficient (Wildman–Crippen LogP) is 4.67. The summed E-state index contributed by atoms with van der Waals surface area (Å²) in [5.74, 6) is -2.82. The van der Waals surface area contributed by atoms with Crippen LogP contribution >= 0.6 is 11.6 Å². The van der Waals surface area contributed by atoms with Crippen molar-refractivity contribution in [3.63, 3.8) is 0 Å². The van der Waals surface area contributed by atoms with E-state index >= 15 is 0 Å². The number of hydrogen-bond acceptors (Lipinski definition) is 2. The van der Waals surface area contributed by atoms with Gasteiger partial charge >= 0.3 is 0 Å². The van der Waals surface area contributed by atoms with Gasteiger partial charge in [-0.1, -0.05) is 17.7 Å². The molecule has 3 nitrogen and oxygen atoms in total. The van der Waals surface area contributed by atoms with Crippen LogP contribution < -0.4 is 0 Å². The van der Waals surface area contributed by atoms with Crippen LogP contribution in [0.15, 0.2) is 18.2 Å². The average Bonchev–Trinajstić information content (AvgIpc) is 2.52. The van der Waals surface area contributed by atoms with E-state index in [4.69, 9.17) is 17.0 Å². The third kappa shape index (κ3) is 5.23. The lowest BCUT2D eigenvalue weighted by Crippen LogP contribution is -2.33. The standard InChI is InChI=1S/C17H20ClF3N2O/c18-15-10-14(19)2-1-13(15)9-16(22)23(11-24)8-5-12-3-6-17(20,21)7-4-12/h1-2,10-12,22H,3-9H2. The average molecular weight is 361 g/mol. The maximum atomic E-state index is 13.1. The van der Waals surface area contributed by atoms with E-state index in [0.29, 0.717) is 37.8 Å². The smallest absolute Gasteiger partial charge is 0.248 e. The van der Waals surface area contributed by atoms with Gasteiger partial charge in [0.1, 0.15) is 11.7 Å². The van der Waals surface area contributed by atoms with E-state index in [1.807, 2.05) is 0 Å². The highest BCUT2D eigenvalue weighted by molar-refractivity contribution is 6.31. The quantitative estimate of drug-likeness (QED) is 0.447. The molecule has 1 aliphatic rings. The Bertz CT molecular complexity index is 599. The molecular formula is C17H20ClF3N2O. The fourth-order valence-corrected chi connectivity index (χ4v) is 3.14. The van der Waals surface area contributed by atoms with E-state index < -0.39 is 11.7 Å². The number of rotatable bonds is 6. The number of hydrogen-bond donors (Lipinski definition) is 1. The van der Waals surface area contributed by atoms with Crippen LogP contribution in [0.5, 0.6) is 0 Å². The molecule has 0 aromatic heterocycles. The van der Waals surface area contributed by atoms with Gasteiger partial charge in [-0.05, 0) is 42.9 Å². The van der Waals surface area contributed by atoms with Gasteiger partial charge in [0.25, 0.3) is 0 Å². The normalized spacial score (nSPS) is 17.5. The van der Waals surface area contributed by atoms with E-state index in [-0.39, 0.29) is 36.0 Å². The van der Waals surface area contributed by atoms with Crippen LogP contribution in [-0.4, -0.2) is 29.6 Å². The van der Waals surface area contributed by atoms with E-state index in [2.05, 4.69) is 0 Å². The number of benzene rings is 1. The zero-order valence-electron chi connectivity index (χ0n) is 13.2. The lowest BCUT2D eigenvalue weighted by atomic mass is 9.85. The molecule has 1 aromatic rings. The van der Waals surface area contributed by atoms with Crippen LogP contribution in [0.1, 0.15) is 37.7 Å². The highest BCUT2D eigenvalue weighted by Crippen LogP contribution is 2.37. The Morgan fingerprint density at radius 1 is 1.38 bits per heavy atom. The maximum absolute atomic E-state index is 13.1. The lowest BCUT2D eigenvalue weighted by molar-refractivity contribution is -0.115. The highest BCUT2D eigenvalue weighted by Gasteiger charge is 2.34. The minimum atomic E-state index is -2.56. The molecule has 0 radical (unpaired) electrons. The molecule has 24 heavy (non-hydrogen) atoms. The molecule has 132 valence electrons. The third-order valence-electron chi connectivity index (χ3n) is 4.46. The van der Waals surface area contributed by atoms with Gasteiger partial charge in [-0.15, -0.1) is 0 Å².